The van der Waals surface area contributed by atoms with Gasteiger partial charge in [0, 0.05) is 10.9 Å². The standard InChI is InChI=1S/C18H19N3OS/c1-12-4-6-13(7-5-12)14-11-23-18-16(14)17(22)19-15(20-18)10-21-8-2-3-9-21/h4-7,11H,2-3,8-10H2,1H3,(H,19,20,22). The maximum Gasteiger partial charge on any atom is 0.260 e. The lowest BCUT2D eigenvalue weighted by Gasteiger charge is -2.13. The largest absolute Gasteiger partial charge is 0.309 e. The summed E-state index contributed by atoms with van der Waals surface area (Å²) >= 11 is 1.55. The minimum absolute atomic E-state index is 0.0268. The second-order valence-electron chi connectivity index (χ2n) is 6.19. The van der Waals surface area contributed by atoms with Gasteiger partial charge in [0.1, 0.15) is 10.7 Å². The van der Waals surface area contributed by atoms with Crippen LogP contribution in [-0.4, -0.2) is 28.0 Å². The Bertz CT molecular complexity index is 889. The molecule has 0 radical (unpaired) electrons. The van der Waals surface area contributed by atoms with Gasteiger partial charge in [-0.2, -0.15) is 0 Å². The number of hydrogen-bond donors (Lipinski definition) is 1. The van der Waals surface area contributed by atoms with Crippen LogP contribution in [0.2, 0.25) is 0 Å². The quantitative estimate of drug-likeness (QED) is 0.801. The molecule has 4 rings (SSSR count). The molecule has 3 heterocycles. The van der Waals surface area contributed by atoms with Crippen LogP contribution in [0, 0.1) is 6.92 Å². The van der Waals surface area contributed by atoms with Gasteiger partial charge in [-0.3, -0.25) is 9.69 Å². The van der Waals surface area contributed by atoms with Gasteiger partial charge in [0.15, 0.2) is 0 Å². The summed E-state index contributed by atoms with van der Waals surface area (Å²) in [7, 11) is 0. The van der Waals surface area contributed by atoms with Crippen LogP contribution >= 0.6 is 11.3 Å². The maximum absolute atomic E-state index is 12.6. The number of hydrogen-bond acceptors (Lipinski definition) is 4. The second kappa shape index (κ2) is 5.91. The Hall–Kier alpha value is -1.98. The number of aryl methyl sites for hydroxylation is 1. The summed E-state index contributed by atoms with van der Waals surface area (Å²) in [4.78, 5) is 23.4. The molecule has 1 aliphatic heterocycles. The van der Waals surface area contributed by atoms with Crippen LogP contribution in [0.4, 0.5) is 0 Å². The van der Waals surface area contributed by atoms with E-state index in [0.29, 0.717) is 5.39 Å². The Balaban J connectivity index is 1.74. The Morgan fingerprint density at radius 2 is 1.96 bits per heavy atom. The van der Waals surface area contributed by atoms with Crippen molar-refractivity contribution < 1.29 is 0 Å². The number of likely N-dealkylation sites (tertiary alicyclic amines) is 1. The summed E-state index contributed by atoms with van der Waals surface area (Å²) in [6, 6.07) is 8.27. The van der Waals surface area contributed by atoms with Gasteiger partial charge in [0.05, 0.1) is 11.9 Å². The number of benzene rings is 1. The molecule has 118 valence electrons. The van der Waals surface area contributed by atoms with Gasteiger partial charge in [-0.25, -0.2) is 4.98 Å². The van der Waals surface area contributed by atoms with Crippen molar-refractivity contribution in [1.82, 2.24) is 14.9 Å². The molecular weight excluding hydrogens is 306 g/mol. The second-order valence-corrected chi connectivity index (χ2v) is 7.05. The lowest BCUT2D eigenvalue weighted by atomic mass is 10.1. The third kappa shape index (κ3) is 2.82. The van der Waals surface area contributed by atoms with E-state index in [9.17, 15) is 4.79 Å². The normalized spacial score (nSPS) is 15.5. The van der Waals surface area contributed by atoms with Gasteiger partial charge in [-0.1, -0.05) is 29.8 Å². The Morgan fingerprint density at radius 1 is 1.22 bits per heavy atom. The van der Waals surface area contributed by atoms with Crippen LogP contribution < -0.4 is 5.56 Å². The molecule has 0 aliphatic carbocycles. The predicted molar refractivity (Wildman–Crippen MR) is 94.9 cm³/mol. The first-order valence-corrected chi connectivity index (χ1v) is 8.88. The van der Waals surface area contributed by atoms with Crippen molar-refractivity contribution in [2.75, 3.05) is 13.1 Å². The molecule has 0 amide bonds. The fourth-order valence-corrected chi connectivity index (χ4v) is 4.13. The van der Waals surface area contributed by atoms with Crippen molar-refractivity contribution in [3.8, 4) is 11.1 Å². The summed E-state index contributed by atoms with van der Waals surface area (Å²) in [5.74, 6) is 0.779. The third-order valence-electron chi connectivity index (χ3n) is 4.43. The van der Waals surface area contributed by atoms with E-state index in [0.717, 1.165) is 41.4 Å². The van der Waals surface area contributed by atoms with Gasteiger partial charge < -0.3 is 4.98 Å². The van der Waals surface area contributed by atoms with E-state index in [-0.39, 0.29) is 5.56 Å². The van der Waals surface area contributed by atoms with E-state index < -0.39 is 0 Å². The highest BCUT2D eigenvalue weighted by atomic mass is 32.1. The number of rotatable bonds is 3. The predicted octanol–water partition coefficient (Wildman–Crippen LogP) is 3.56. The Labute approximate surface area is 138 Å². The number of fused-ring (bicyclic) bond motifs is 1. The maximum atomic E-state index is 12.6. The van der Waals surface area contributed by atoms with Gasteiger partial charge in [0.2, 0.25) is 0 Å². The van der Waals surface area contributed by atoms with E-state index in [1.807, 2.05) is 5.38 Å². The van der Waals surface area contributed by atoms with Gasteiger partial charge in [-0.15, -0.1) is 11.3 Å². The van der Waals surface area contributed by atoms with Crippen LogP contribution in [-0.2, 0) is 6.54 Å². The van der Waals surface area contributed by atoms with E-state index in [1.54, 1.807) is 11.3 Å². The molecule has 1 aromatic carbocycles. The number of thiophene rings is 1. The van der Waals surface area contributed by atoms with Crippen molar-refractivity contribution in [3.05, 3.63) is 51.4 Å². The molecule has 0 atom stereocenters. The minimum Gasteiger partial charge on any atom is -0.309 e. The molecule has 5 heteroatoms. The molecule has 1 saturated heterocycles. The highest BCUT2D eigenvalue weighted by Crippen LogP contribution is 2.30. The number of H-pyrrole nitrogens is 1. The molecule has 2 aromatic heterocycles. The van der Waals surface area contributed by atoms with Crippen molar-refractivity contribution in [3.63, 3.8) is 0 Å². The van der Waals surface area contributed by atoms with E-state index in [1.165, 1.54) is 18.4 Å². The Morgan fingerprint density at radius 3 is 2.70 bits per heavy atom. The first-order chi connectivity index (χ1) is 11.2. The van der Waals surface area contributed by atoms with Gasteiger partial charge >= 0.3 is 0 Å². The molecular formula is C18H19N3OS. The lowest BCUT2D eigenvalue weighted by molar-refractivity contribution is 0.322. The molecule has 1 fully saturated rings. The summed E-state index contributed by atoms with van der Waals surface area (Å²) in [6.45, 7) is 5.00. The number of nitrogens with zero attached hydrogens (tertiary/aromatic N) is 2. The summed E-state index contributed by atoms with van der Waals surface area (Å²) < 4.78 is 0. The smallest absolute Gasteiger partial charge is 0.260 e. The van der Waals surface area contributed by atoms with Crippen molar-refractivity contribution in [2.24, 2.45) is 0 Å². The first-order valence-electron chi connectivity index (χ1n) is 8.00. The third-order valence-corrected chi connectivity index (χ3v) is 5.30. The van der Waals surface area contributed by atoms with Crippen LogP contribution in [0.3, 0.4) is 0 Å². The van der Waals surface area contributed by atoms with Crippen LogP contribution in [0.5, 0.6) is 0 Å². The fraction of sp³-hybridized carbons (Fsp3) is 0.333. The van der Waals surface area contributed by atoms with Crippen LogP contribution in [0.15, 0.2) is 34.4 Å². The van der Waals surface area contributed by atoms with E-state index >= 15 is 0 Å². The SMILES string of the molecule is Cc1ccc(-c2csc3nc(CN4CCCC4)[nH]c(=O)c23)cc1. The number of aromatic amines is 1. The molecule has 0 unspecified atom stereocenters. The zero-order chi connectivity index (χ0) is 15.8. The fourth-order valence-electron chi connectivity index (χ4n) is 3.17. The van der Waals surface area contributed by atoms with Crippen LogP contribution in [0.25, 0.3) is 21.3 Å². The number of nitrogens with one attached hydrogen (secondary N) is 1. The molecule has 1 aliphatic rings. The van der Waals surface area contributed by atoms with Crippen LogP contribution in [0.1, 0.15) is 24.2 Å². The van der Waals surface area contributed by atoms with E-state index in [4.69, 9.17) is 0 Å². The monoisotopic (exact) mass is 325 g/mol. The highest BCUT2D eigenvalue weighted by molar-refractivity contribution is 7.17. The minimum atomic E-state index is -0.0268. The van der Waals surface area contributed by atoms with Crippen molar-refractivity contribution in [2.45, 2.75) is 26.3 Å². The Kier molecular flexibility index (Phi) is 3.75. The molecule has 0 saturated carbocycles. The van der Waals surface area contributed by atoms with E-state index in [2.05, 4.69) is 46.1 Å². The first kappa shape index (κ1) is 14.6. The molecule has 3 aromatic rings. The molecule has 23 heavy (non-hydrogen) atoms. The van der Waals surface area contributed by atoms with Crippen molar-refractivity contribution >= 4 is 21.6 Å². The number of aromatic nitrogens is 2. The zero-order valence-corrected chi connectivity index (χ0v) is 13.9. The topological polar surface area (TPSA) is 49.0 Å². The molecule has 4 nitrogen and oxygen atoms in total. The molecule has 1 N–H and O–H groups in total. The summed E-state index contributed by atoms with van der Waals surface area (Å²) in [5.41, 5.74) is 3.24. The lowest BCUT2D eigenvalue weighted by Crippen LogP contribution is -2.22. The van der Waals surface area contributed by atoms with Crippen molar-refractivity contribution in [1.29, 1.82) is 0 Å². The highest BCUT2D eigenvalue weighted by Gasteiger charge is 2.16. The summed E-state index contributed by atoms with van der Waals surface area (Å²) in [5, 5.41) is 2.75. The summed E-state index contributed by atoms with van der Waals surface area (Å²) in [6.07, 6.45) is 2.48. The van der Waals surface area contributed by atoms with Gasteiger partial charge in [-0.05, 0) is 38.4 Å². The average Bonchev–Trinajstić information content (AvgIpc) is 3.18. The average molecular weight is 325 g/mol. The molecule has 0 spiro atoms. The van der Waals surface area contributed by atoms with Gasteiger partial charge in [0.25, 0.3) is 5.56 Å². The molecule has 0 bridgehead atoms. The zero-order valence-electron chi connectivity index (χ0n) is 13.1.